The van der Waals surface area contributed by atoms with E-state index in [1.807, 2.05) is 12.1 Å². The van der Waals surface area contributed by atoms with E-state index in [0.717, 1.165) is 30.6 Å². The lowest BCUT2D eigenvalue weighted by molar-refractivity contribution is 0.688. The molecule has 2 unspecified atom stereocenters. The van der Waals surface area contributed by atoms with Crippen molar-refractivity contribution >= 4 is 5.69 Å². The molecule has 1 fully saturated rings. The van der Waals surface area contributed by atoms with Gasteiger partial charge in [0.15, 0.2) is 0 Å². The van der Waals surface area contributed by atoms with Gasteiger partial charge in [-0.2, -0.15) is 15.0 Å². The van der Waals surface area contributed by atoms with E-state index in [4.69, 9.17) is 5.73 Å². The molecule has 5 nitrogen and oxygen atoms in total. The van der Waals surface area contributed by atoms with Gasteiger partial charge in [0.2, 0.25) is 0 Å². The second kappa shape index (κ2) is 4.78. The van der Waals surface area contributed by atoms with E-state index >= 15 is 0 Å². The van der Waals surface area contributed by atoms with Crippen molar-refractivity contribution in [1.82, 2.24) is 15.0 Å². The van der Waals surface area contributed by atoms with Crippen LogP contribution in [0.15, 0.2) is 36.7 Å². The zero-order valence-corrected chi connectivity index (χ0v) is 10.2. The summed E-state index contributed by atoms with van der Waals surface area (Å²) >= 11 is 0. The summed E-state index contributed by atoms with van der Waals surface area (Å²) in [5.41, 5.74) is 8.00. The van der Waals surface area contributed by atoms with Crippen molar-refractivity contribution < 1.29 is 0 Å². The Morgan fingerprint density at radius 3 is 2.44 bits per heavy atom. The number of anilines is 1. The van der Waals surface area contributed by atoms with Crippen molar-refractivity contribution in [3.8, 4) is 5.69 Å². The van der Waals surface area contributed by atoms with Crippen molar-refractivity contribution in [2.75, 3.05) is 5.32 Å². The van der Waals surface area contributed by atoms with Gasteiger partial charge in [0.05, 0.1) is 18.1 Å². The number of nitrogens with zero attached hydrogens (tertiary/aromatic N) is 3. The van der Waals surface area contributed by atoms with Crippen molar-refractivity contribution in [3.05, 3.63) is 36.7 Å². The molecule has 0 radical (unpaired) electrons. The monoisotopic (exact) mass is 243 g/mol. The minimum atomic E-state index is 0.357. The number of benzene rings is 1. The normalized spacial score (nSPS) is 23.2. The maximum absolute atomic E-state index is 5.91. The van der Waals surface area contributed by atoms with Gasteiger partial charge in [-0.15, -0.1) is 0 Å². The molecule has 3 rings (SSSR count). The van der Waals surface area contributed by atoms with Crippen molar-refractivity contribution in [3.63, 3.8) is 0 Å². The second-order valence-corrected chi connectivity index (χ2v) is 4.78. The zero-order chi connectivity index (χ0) is 12.4. The molecule has 5 heteroatoms. The number of hydrogen-bond donors (Lipinski definition) is 2. The molecule has 0 spiro atoms. The topological polar surface area (TPSA) is 68.8 Å². The molecule has 3 N–H and O–H groups in total. The van der Waals surface area contributed by atoms with Crippen LogP contribution in [0.3, 0.4) is 0 Å². The first-order valence-electron chi connectivity index (χ1n) is 6.30. The fourth-order valence-corrected chi connectivity index (χ4v) is 2.42. The first-order chi connectivity index (χ1) is 8.81. The second-order valence-electron chi connectivity index (χ2n) is 4.78. The van der Waals surface area contributed by atoms with Gasteiger partial charge >= 0.3 is 0 Å². The fourth-order valence-electron chi connectivity index (χ4n) is 2.42. The third kappa shape index (κ3) is 2.36. The summed E-state index contributed by atoms with van der Waals surface area (Å²) in [6.45, 7) is 0. The Kier molecular flexibility index (Phi) is 2.98. The molecule has 0 amide bonds. The number of nitrogens with two attached hydrogens (primary N) is 1. The van der Waals surface area contributed by atoms with Crippen molar-refractivity contribution in [2.45, 2.75) is 31.3 Å². The first-order valence-corrected chi connectivity index (χ1v) is 6.30. The van der Waals surface area contributed by atoms with Gasteiger partial charge in [-0.25, -0.2) is 0 Å². The minimum Gasteiger partial charge on any atom is -0.382 e. The molecular weight excluding hydrogens is 226 g/mol. The molecule has 0 saturated heterocycles. The Bertz CT molecular complexity index is 491. The van der Waals surface area contributed by atoms with E-state index < -0.39 is 0 Å². The number of rotatable bonds is 3. The average Bonchev–Trinajstić information content (AvgIpc) is 3.02. The summed E-state index contributed by atoms with van der Waals surface area (Å²) in [5.74, 6) is 0. The van der Waals surface area contributed by atoms with Crippen molar-refractivity contribution in [2.24, 2.45) is 5.73 Å². The standard InChI is InChI=1S/C13H17N5/c14-10-1-2-12(9-10)17-11-3-5-13(6-4-11)18-15-7-8-16-18/h3-8,10,12,17H,1-2,9,14H2. The molecule has 2 aromatic rings. The number of hydrogen-bond acceptors (Lipinski definition) is 4. The van der Waals surface area contributed by atoms with Gasteiger partial charge < -0.3 is 11.1 Å². The predicted molar refractivity (Wildman–Crippen MR) is 70.6 cm³/mol. The summed E-state index contributed by atoms with van der Waals surface area (Å²) in [6.07, 6.45) is 6.68. The van der Waals surface area contributed by atoms with Crippen molar-refractivity contribution in [1.29, 1.82) is 0 Å². The highest BCUT2D eigenvalue weighted by Crippen LogP contribution is 2.22. The Labute approximate surface area is 106 Å². The van der Waals surface area contributed by atoms with Crippen LogP contribution in [0.25, 0.3) is 5.69 Å². The Morgan fingerprint density at radius 1 is 1.11 bits per heavy atom. The minimum absolute atomic E-state index is 0.357. The van der Waals surface area contributed by atoms with Crippen LogP contribution in [0.4, 0.5) is 5.69 Å². The largest absolute Gasteiger partial charge is 0.382 e. The quantitative estimate of drug-likeness (QED) is 0.858. The van der Waals surface area contributed by atoms with E-state index in [1.54, 1.807) is 17.2 Å². The molecule has 18 heavy (non-hydrogen) atoms. The third-order valence-corrected chi connectivity index (χ3v) is 3.36. The molecule has 1 aliphatic carbocycles. The van der Waals surface area contributed by atoms with Crippen LogP contribution in [-0.4, -0.2) is 27.1 Å². The molecule has 2 atom stereocenters. The SMILES string of the molecule is NC1CCC(Nc2ccc(-n3nccn3)cc2)C1. The Balaban J connectivity index is 1.68. The van der Waals surface area contributed by atoms with Crippen LogP contribution in [0.1, 0.15) is 19.3 Å². The molecule has 94 valence electrons. The summed E-state index contributed by atoms with van der Waals surface area (Å²) in [4.78, 5) is 1.61. The summed E-state index contributed by atoms with van der Waals surface area (Å²) in [7, 11) is 0. The van der Waals surface area contributed by atoms with Crippen LogP contribution in [0, 0.1) is 0 Å². The molecule has 1 heterocycles. The summed E-state index contributed by atoms with van der Waals surface area (Å²) in [6, 6.07) is 9.00. The van der Waals surface area contributed by atoms with Crippen LogP contribution in [0.5, 0.6) is 0 Å². The van der Waals surface area contributed by atoms with E-state index in [1.165, 1.54) is 0 Å². The van der Waals surface area contributed by atoms with Crippen LogP contribution in [-0.2, 0) is 0 Å². The molecule has 1 saturated carbocycles. The van der Waals surface area contributed by atoms with Gasteiger partial charge in [-0.05, 0) is 43.5 Å². The highest BCUT2D eigenvalue weighted by Gasteiger charge is 2.21. The summed E-state index contributed by atoms with van der Waals surface area (Å²) in [5, 5.41) is 11.7. The van der Waals surface area contributed by atoms with E-state index in [2.05, 4.69) is 27.6 Å². The van der Waals surface area contributed by atoms with Gasteiger partial charge in [0.1, 0.15) is 0 Å². The zero-order valence-electron chi connectivity index (χ0n) is 10.2. The van der Waals surface area contributed by atoms with E-state index in [9.17, 15) is 0 Å². The predicted octanol–water partition coefficient (Wildman–Crippen LogP) is 1.56. The molecule has 0 aliphatic heterocycles. The van der Waals surface area contributed by atoms with Gasteiger partial charge in [0, 0.05) is 17.8 Å². The smallest absolute Gasteiger partial charge is 0.0858 e. The van der Waals surface area contributed by atoms with Crippen LogP contribution >= 0.6 is 0 Å². The highest BCUT2D eigenvalue weighted by molar-refractivity contribution is 5.48. The van der Waals surface area contributed by atoms with Crippen LogP contribution in [0.2, 0.25) is 0 Å². The summed E-state index contributed by atoms with van der Waals surface area (Å²) < 4.78 is 0. The van der Waals surface area contributed by atoms with E-state index in [-0.39, 0.29) is 0 Å². The van der Waals surface area contributed by atoms with Gasteiger partial charge in [0.25, 0.3) is 0 Å². The maximum atomic E-state index is 5.91. The molecule has 0 bridgehead atoms. The lowest BCUT2D eigenvalue weighted by atomic mass is 10.2. The Hall–Kier alpha value is -1.88. The number of nitrogens with one attached hydrogen (secondary N) is 1. The third-order valence-electron chi connectivity index (χ3n) is 3.36. The molecule has 1 aromatic heterocycles. The molecule has 1 aromatic carbocycles. The van der Waals surface area contributed by atoms with E-state index in [0.29, 0.717) is 12.1 Å². The highest BCUT2D eigenvalue weighted by atomic mass is 15.5. The molecular formula is C13H17N5. The lowest BCUT2D eigenvalue weighted by Crippen LogP contribution is -2.20. The first kappa shape index (κ1) is 11.2. The van der Waals surface area contributed by atoms with Gasteiger partial charge in [-0.1, -0.05) is 0 Å². The lowest BCUT2D eigenvalue weighted by Gasteiger charge is -2.14. The fraction of sp³-hybridized carbons (Fsp3) is 0.385. The van der Waals surface area contributed by atoms with Gasteiger partial charge in [-0.3, -0.25) is 0 Å². The maximum Gasteiger partial charge on any atom is 0.0858 e. The van der Waals surface area contributed by atoms with Crippen LogP contribution < -0.4 is 11.1 Å². The number of aromatic nitrogens is 3. The Morgan fingerprint density at radius 2 is 1.83 bits per heavy atom. The molecule has 1 aliphatic rings. The average molecular weight is 243 g/mol.